The highest BCUT2D eigenvalue weighted by Crippen LogP contribution is 2.50. The number of hydrogen-bond acceptors (Lipinski definition) is 6. The largest absolute Gasteiger partial charge is 0.444 e. The topological polar surface area (TPSA) is 62.3 Å². The Morgan fingerprint density at radius 2 is 1.45 bits per heavy atom. The van der Waals surface area contributed by atoms with Crippen molar-refractivity contribution in [1.82, 2.24) is 9.80 Å². The molecule has 49 heavy (non-hydrogen) atoms. The number of amides is 2. The zero-order valence-corrected chi connectivity index (χ0v) is 29.8. The lowest BCUT2D eigenvalue weighted by Crippen LogP contribution is -2.47. The summed E-state index contributed by atoms with van der Waals surface area (Å²) in [5, 5.41) is 0. The number of imide groups is 1. The molecule has 2 amide bonds. The van der Waals surface area contributed by atoms with Gasteiger partial charge in [0.2, 0.25) is 0 Å². The lowest BCUT2D eigenvalue weighted by Gasteiger charge is -2.45. The molecular weight excluding hydrogens is 678 g/mol. The average Bonchev–Trinajstić information content (AvgIpc) is 3.50. The normalized spacial score (nSPS) is 18.4. The highest BCUT2D eigenvalue weighted by Gasteiger charge is 2.46. The number of halogens is 1. The first kappa shape index (κ1) is 34.3. The monoisotopic (exact) mass is 719 g/mol. The van der Waals surface area contributed by atoms with Crippen molar-refractivity contribution < 1.29 is 19.1 Å². The Labute approximate surface area is 297 Å². The molecule has 252 valence electrons. The molecule has 0 aromatic heterocycles. The Kier molecular flexibility index (Phi) is 10.7. The smallest absolute Gasteiger partial charge is 0.420 e. The molecule has 2 aliphatic rings. The number of likely N-dealkylation sites (tertiary alicyclic amines) is 1. The van der Waals surface area contributed by atoms with Crippen LogP contribution in [0.2, 0.25) is 0 Å². The van der Waals surface area contributed by atoms with Crippen molar-refractivity contribution in [2.45, 2.75) is 64.6 Å². The van der Waals surface area contributed by atoms with E-state index in [9.17, 15) is 9.59 Å². The van der Waals surface area contributed by atoms with E-state index >= 15 is 0 Å². The lowest BCUT2D eigenvalue weighted by atomic mass is 9.81. The molecule has 7 nitrogen and oxygen atoms in total. The highest BCUT2D eigenvalue weighted by atomic mass is 79.9. The van der Waals surface area contributed by atoms with Crippen LogP contribution in [0.5, 0.6) is 0 Å². The van der Waals surface area contributed by atoms with Crippen LogP contribution in [0.15, 0.2) is 114 Å². The number of carbonyl (C=O) groups excluding carboxylic acids is 2. The summed E-state index contributed by atoms with van der Waals surface area (Å²) in [5.41, 5.74) is 4.90. The summed E-state index contributed by atoms with van der Waals surface area (Å²) in [6, 6.07) is 36.9. The Bertz CT molecular complexity index is 1800. The number of fused-ring (bicyclic) bond motifs is 3. The van der Waals surface area contributed by atoms with Crippen molar-refractivity contribution in [3.05, 3.63) is 136 Å². The van der Waals surface area contributed by atoms with E-state index in [4.69, 9.17) is 9.47 Å². The van der Waals surface area contributed by atoms with Crippen LogP contribution in [0.3, 0.4) is 0 Å². The number of carbonyl (C=O) groups is 2. The maximum atomic E-state index is 13.3. The summed E-state index contributed by atoms with van der Waals surface area (Å²) in [6.07, 6.45) is -0.615. The van der Waals surface area contributed by atoms with Crippen molar-refractivity contribution >= 4 is 33.8 Å². The van der Waals surface area contributed by atoms with Gasteiger partial charge in [0, 0.05) is 35.2 Å². The zero-order valence-electron chi connectivity index (χ0n) is 28.2. The third-order valence-corrected chi connectivity index (χ3v) is 9.35. The molecule has 0 aliphatic carbocycles. The van der Waals surface area contributed by atoms with E-state index in [2.05, 4.69) is 110 Å². The van der Waals surface area contributed by atoms with Crippen molar-refractivity contribution in [2.24, 2.45) is 5.92 Å². The van der Waals surface area contributed by atoms with Gasteiger partial charge in [-0.05, 0) is 74.2 Å². The number of hydrogen-bond donors (Lipinski definition) is 0. The molecule has 0 spiro atoms. The van der Waals surface area contributed by atoms with E-state index in [1.165, 1.54) is 16.7 Å². The van der Waals surface area contributed by atoms with E-state index in [0.29, 0.717) is 6.54 Å². The standard InChI is InChI=1S/C41H42BrN3O4/c1-41(2,3)49-40(47)44(39(46)48-29-32-18-11-6-12-19-32)24-13-20-36-34-23-25-43(27-30-14-7-4-8-15-30)38(34)35-26-33(42)21-22-37(35)45(36)28-31-16-9-5-10-17-31/h4-12,14-19,21-22,26,34,36,38H,23-25,27-29H2,1-3H3/t34-,36-,38-/m0/s1. The van der Waals surface area contributed by atoms with Crippen molar-refractivity contribution in [3.8, 4) is 11.8 Å². The fourth-order valence-corrected chi connectivity index (χ4v) is 7.12. The summed E-state index contributed by atoms with van der Waals surface area (Å²) >= 11 is 3.75. The van der Waals surface area contributed by atoms with Crippen LogP contribution < -0.4 is 4.90 Å². The summed E-state index contributed by atoms with van der Waals surface area (Å²) < 4.78 is 12.2. The van der Waals surface area contributed by atoms with Crippen LogP contribution in [0.25, 0.3) is 0 Å². The second-order valence-corrected chi connectivity index (χ2v) is 14.5. The van der Waals surface area contributed by atoms with Crippen LogP contribution in [0.1, 0.15) is 55.5 Å². The molecule has 4 aromatic rings. The van der Waals surface area contributed by atoms with Crippen LogP contribution in [-0.4, -0.2) is 46.7 Å². The van der Waals surface area contributed by atoms with Crippen LogP contribution in [0, 0.1) is 17.8 Å². The van der Waals surface area contributed by atoms with E-state index in [1.807, 2.05) is 36.4 Å². The van der Waals surface area contributed by atoms with E-state index in [1.54, 1.807) is 20.8 Å². The van der Waals surface area contributed by atoms with Gasteiger partial charge in [-0.15, -0.1) is 0 Å². The Morgan fingerprint density at radius 1 is 0.837 bits per heavy atom. The number of benzene rings is 4. The van der Waals surface area contributed by atoms with Crippen LogP contribution in [0.4, 0.5) is 15.3 Å². The first-order valence-electron chi connectivity index (χ1n) is 16.7. The second-order valence-electron chi connectivity index (χ2n) is 13.5. The predicted octanol–water partition coefficient (Wildman–Crippen LogP) is 8.98. The van der Waals surface area contributed by atoms with Gasteiger partial charge >= 0.3 is 12.2 Å². The summed E-state index contributed by atoms with van der Waals surface area (Å²) in [7, 11) is 0. The average molecular weight is 721 g/mol. The Balaban J connectivity index is 1.33. The second kappa shape index (κ2) is 15.3. The van der Waals surface area contributed by atoms with Gasteiger partial charge in [0.25, 0.3) is 0 Å². The summed E-state index contributed by atoms with van der Waals surface area (Å²) in [5.74, 6) is 7.00. The molecule has 4 aromatic carbocycles. The van der Waals surface area contributed by atoms with Gasteiger partial charge in [0.15, 0.2) is 0 Å². The van der Waals surface area contributed by atoms with Crippen LogP contribution in [-0.2, 0) is 29.2 Å². The summed E-state index contributed by atoms with van der Waals surface area (Å²) in [4.78, 5) is 32.6. The highest BCUT2D eigenvalue weighted by molar-refractivity contribution is 9.10. The van der Waals surface area contributed by atoms with Gasteiger partial charge < -0.3 is 14.4 Å². The summed E-state index contributed by atoms with van der Waals surface area (Å²) in [6.45, 7) is 7.63. The van der Waals surface area contributed by atoms with Crippen LogP contribution >= 0.6 is 15.9 Å². The molecule has 0 bridgehead atoms. The maximum absolute atomic E-state index is 13.3. The molecule has 0 unspecified atom stereocenters. The molecule has 6 rings (SSSR count). The number of anilines is 1. The van der Waals surface area contributed by atoms with Gasteiger partial charge in [-0.3, -0.25) is 4.90 Å². The third kappa shape index (κ3) is 8.54. The molecule has 1 fully saturated rings. The fraction of sp³-hybridized carbons (Fsp3) is 0.317. The lowest BCUT2D eigenvalue weighted by molar-refractivity contribution is 0.0235. The number of rotatable bonds is 7. The molecule has 3 atom stereocenters. The van der Waals surface area contributed by atoms with Crippen molar-refractivity contribution in [1.29, 1.82) is 0 Å². The van der Waals surface area contributed by atoms with Gasteiger partial charge in [-0.1, -0.05) is 119 Å². The first-order valence-corrected chi connectivity index (χ1v) is 17.5. The molecular formula is C41H42BrN3O4. The molecule has 2 heterocycles. The molecule has 0 N–H and O–H groups in total. The van der Waals surface area contributed by atoms with E-state index in [0.717, 1.165) is 40.1 Å². The maximum Gasteiger partial charge on any atom is 0.420 e. The van der Waals surface area contributed by atoms with Gasteiger partial charge in [0.1, 0.15) is 12.2 Å². The minimum Gasteiger partial charge on any atom is -0.444 e. The number of nitrogens with zero attached hydrogens (tertiary/aromatic N) is 3. The minimum atomic E-state index is -0.796. The number of ether oxygens (including phenoxy) is 2. The predicted molar refractivity (Wildman–Crippen MR) is 196 cm³/mol. The van der Waals surface area contributed by atoms with Gasteiger partial charge in [-0.2, -0.15) is 0 Å². The minimum absolute atomic E-state index is 0.0349. The molecule has 0 radical (unpaired) electrons. The first-order chi connectivity index (χ1) is 23.7. The quantitative estimate of drug-likeness (QED) is 0.178. The molecule has 8 heteroatoms. The van der Waals surface area contributed by atoms with E-state index < -0.39 is 17.8 Å². The fourth-order valence-electron chi connectivity index (χ4n) is 6.74. The molecule has 0 saturated carbocycles. The Morgan fingerprint density at radius 3 is 2.08 bits per heavy atom. The Hall–Kier alpha value is -4.58. The van der Waals surface area contributed by atoms with E-state index in [-0.39, 0.29) is 31.2 Å². The molecule has 1 saturated heterocycles. The third-order valence-electron chi connectivity index (χ3n) is 8.86. The van der Waals surface area contributed by atoms with Crippen molar-refractivity contribution in [2.75, 3.05) is 18.0 Å². The SMILES string of the molecule is CC(C)(C)OC(=O)N(CC#C[C@H]1[C@@H]2CCN(Cc3ccccc3)[C@@H]2c2cc(Br)ccc2N1Cc1ccccc1)C(=O)OCc1ccccc1. The molecule has 2 aliphatic heterocycles. The van der Waals surface area contributed by atoms with Gasteiger partial charge in [-0.25, -0.2) is 14.5 Å². The van der Waals surface area contributed by atoms with Crippen molar-refractivity contribution in [3.63, 3.8) is 0 Å². The van der Waals surface area contributed by atoms with Gasteiger partial charge in [0.05, 0.1) is 12.6 Å². The zero-order chi connectivity index (χ0) is 34.4.